The summed E-state index contributed by atoms with van der Waals surface area (Å²) in [5, 5.41) is 8.31. The van der Waals surface area contributed by atoms with Crippen molar-refractivity contribution in [1.29, 1.82) is 0 Å². The number of amides is 1. The summed E-state index contributed by atoms with van der Waals surface area (Å²) in [6.07, 6.45) is 2.00. The van der Waals surface area contributed by atoms with Crippen LogP contribution in [0.1, 0.15) is 36.6 Å². The summed E-state index contributed by atoms with van der Waals surface area (Å²) in [4.78, 5) is 27.2. The van der Waals surface area contributed by atoms with E-state index in [0.717, 1.165) is 34.8 Å². The Bertz CT molecular complexity index is 818. The first-order valence-corrected chi connectivity index (χ1v) is 8.20. The zero-order valence-electron chi connectivity index (χ0n) is 14.2. The predicted molar refractivity (Wildman–Crippen MR) is 89.4 cm³/mol. The molecule has 0 saturated heterocycles. The highest BCUT2D eigenvalue weighted by atomic mass is 16.1. The molecular formula is C17H24N4O2. The molecule has 2 aromatic heterocycles. The van der Waals surface area contributed by atoms with Gasteiger partial charge < -0.3 is 10.3 Å². The zero-order chi connectivity index (χ0) is 16.7. The number of aryl methyl sites for hydroxylation is 3. The molecule has 6 heteroatoms. The summed E-state index contributed by atoms with van der Waals surface area (Å²) < 4.78 is 1.69. The molecule has 2 atom stereocenters. The van der Waals surface area contributed by atoms with Gasteiger partial charge in [0.05, 0.1) is 5.69 Å². The minimum Gasteiger partial charge on any atom is -0.356 e. The maximum absolute atomic E-state index is 12.3. The lowest BCUT2D eigenvalue weighted by Crippen LogP contribution is -2.27. The smallest absolute Gasteiger partial charge is 0.253 e. The van der Waals surface area contributed by atoms with Crippen LogP contribution < -0.4 is 10.9 Å². The number of rotatable bonds is 5. The zero-order valence-corrected chi connectivity index (χ0v) is 14.2. The number of carbonyl (C=O) groups is 1. The summed E-state index contributed by atoms with van der Waals surface area (Å²) in [6, 6.07) is 0. The molecule has 23 heavy (non-hydrogen) atoms. The van der Waals surface area contributed by atoms with Crippen molar-refractivity contribution >= 4 is 16.9 Å². The average Bonchev–Trinajstić information content (AvgIpc) is 3.11. The largest absolute Gasteiger partial charge is 0.356 e. The lowest BCUT2D eigenvalue weighted by atomic mass is 10.0. The van der Waals surface area contributed by atoms with E-state index in [1.807, 2.05) is 20.9 Å². The third-order valence-electron chi connectivity index (χ3n) is 5.00. The van der Waals surface area contributed by atoms with Gasteiger partial charge in [0.2, 0.25) is 5.91 Å². The van der Waals surface area contributed by atoms with Crippen LogP contribution in [-0.2, 0) is 18.3 Å². The van der Waals surface area contributed by atoms with E-state index in [4.69, 9.17) is 0 Å². The number of pyridine rings is 1. The van der Waals surface area contributed by atoms with Crippen molar-refractivity contribution in [3.05, 3.63) is 27.2 Å². The molecule has 1 aliphatic carbocycles. The molecule has 0 radical (unpaired) electrons. The van der Waals surface area contributed by atoms with Gasteiger partial charge in [-0.15, -0.1) is 0 Å². The van der Waals surface area contributed by atoms with Gasteiger partial charge in [0.1, 0.15) is 5.65 Å². The van der Waals surface area contributed by atoms with Gasteiger partial charge in [0.15, 0.2) is 0 Å². The fraction of sp³-hybridized carbons (Fsp3) is 0.588. The summed E-state index contributed by atoms with van der Waals surface area (Å²) >= 11 is 0. The van der Waals surface area contributed by atoms with Crippen molar-refractivity contribution in [2.24, 2.45) is 18.9 Å². The normalized spacial score (nSPS) is 20.0. The van der Waals surface area contributed by atoms with Crippen LogP contribution >= 0.6 is 0 Å². The second kappa shape index (κ2) is 5.83. The summed E-state index contributed by atoms with van der Waals surface area (Å²) in [7, 11) is 1.82. The summed E-state index contributed by atoms with van der Waals surface area (Å²) in [6.45, 7) is 6.83. The van der Waals surface area contributed by atoms with E-state index in [2.05, 4.69) is 22.3 Å². The Balaban J connectivity index is 1.73. The summed E-state index contributed by atoms with van der Waals surface area (Å²) in [5.41, 5.74) is 3.12. The lowest BCUT2D eigenvalue weighted by molar-refractivity contribution is -0.121. The molecule has 2 heterocycles. The van der Waals surface area contributed by atoms with Gasteiger partial charge >= 0.3 is 0 Å². The Morgan fingerprint density at radius 1 is 1.43 bits per heavy atom. The molecule has 1 fully saturated rings. The third-order valence-corrected chi connectivity index (χ3v) is 5.00. The first-order chi connectivity index (χ1) is 10.9. The standard InChI is InChI=1S/C17H24N4O2/c1-9-7-12(9)8-18-14(22)6-5-13-10(2)15-11(3)20-21(4)16(15)19-17(13)23/h9,12H,5-8H2,1-4H3,(H,18,22)(H,19,23). The van der Waals surface area contributed by atoms with Crippen LogP contribution in [0.5, 0.6) is 0 Å². The molecular weight excluding hydrogens is 292 g/mol. The molecule has 124 valence electrons. The van der Waals surface area contributed by atoms with E-state index < -0.39 is 0 Å². The third kappa shape index (κ3) is 3.02. The van der Waals surface area contributed by atoms with E-state index in [1.54, 1.807) is 4.68 Å². The van der Waals surface area contributed by atoms with Gasteiger partial charge in [0, 0.05) is 31.0 Å². The fourth-order valence-electron chi connectivity index (χ4n) is 3.31. The minimum absolute atomic E-state index is 0.0194. The van der Waals surface area contributed by atoms with Crippen molar-refractivity contribution < 1.29 is 4.79 Å². The number of fused-ring (bicyclic) bond motifs is 1. The van der Waals surface area contributed by atoms with Gasteiger partial charge in [-0.3, -0.25) is 14.3 Å². The van der Waals surface area contributed by atoms with E-state index >= 15 is 0 Å². The van der Waals surface area contributed by atoms with E-state index in [1.165, 1.54) is 6.42 Å². The van der Waals surface area contributed by atoms with Gasteiger partial charge in [-0.2, -0.15) is 5.10 Å². The predicted octanol–water partition coefficient (Wildman–Crippen LogP) is 1.58. The Morgan fingerprint density at radius 3 is 2.78 bits per heavy atom. The Morgan fingerprint density at radius 2 is 2.13 bits per heavy atom. The number of hydrogen-bond donors (Lipinski definition) is 2. The van der Waals surface area contributed by atoms with E-state index in [9.17, 15) is 9.59 Å². The second-order valence-corrected chi connectivity index (χ2v) is 6.77. The topological polar surface area (TPSA) is 79.8 Å². The lowest BCUT2D eigenvalue weighted by Gasteiger charge is -2.08. The fourth-order valence-corrected chi connectivity index (χ4v) is 3.31. The van der Waals surface area contributed by atoms with Gasteiger partial charge in [-0.05, 0) is 44.1 Å². The maximum Gasteiger partial charge on any atom is 0.253 e. The van der Waals surface area contributed by atoms with Crippen molar-refractivity contribution in [2.75, 3.05) is 6.54 Å². The Hall–Kier alpha value is -2.11. The highest BCUT2D eigenvalue weighted by molar-refractivity contribution is 5.83. The van der Waals surface area contributed by atoms with E-state index in [0.29, 0.717) is 24.3 Å². The second-order valence-electron chi connectivity index (χ2n) is 6.77. The van der Waals surface area contributed by atoms with Crippen LogP contribution in [0.2, 0.25) is 0 Å². The first-order valence-electron chi connectivity index (χ1n) is 8.20. The van der Waals surface area contributed by atoms with Crippen LogP contribution in [0.15, 0.2) is 4.79 Å². The van der Waals surface area contributed by atoms with Crippen molar-refractivity contribution in [2.45, 2.75) is 40.0 Å². The van der Waals surface area contributed by atoms with Crippen LogP contribution in [0, 0.1) is 25.7 Å². The van der Waals surface area contributed by atoms with Gasteiger partial charge in [-0.1, -0.05) is 6.92 Å². The Labute approximate surface area is 135 Å². The quantitative estimate of drug-likeness (QED) is 0.879. The van der Waals surface area contributed by atoms with Crippen LogP contribution in [0.3, 0.4) is 0 Å². The van der Waals surface area contributed by atoms with Crippen molar-refractivity contribution in [3.8, 4) is 0 Å². The van der Waals surface area contributed by atoms with Gasteiger partial charge in [-0.25, -0.2) is 0 Å². The molecule has 1 amide bonds. The van der Waals surface area contributed by atoms with Crippen LogP contribution in [0.25, 0.3) is 11.0 Å². The average molecular weight is 316 g/mol. The van der Waals surface area contributed by atoms with Gasteiger partial charge in [0.25, 0.3) is 5.56 Å². The molecule has 2 N–H and O–H groups in total. The molecule has 1 aliphatic rings. The van der Waals surface area contributed by atoms with Crippen LogP contribution in [0.4, 0.5) is 0 Å². The number of aromatic amines is 1. The monoisotopic (exact) mass is 316 g/mol. The van der Waals surface area contributed by atoms with Crippen molar-refractivity contribution in [3.63, 3.8) is 0 Å². The first kappa shape index (κ1) is 15.8. The number of H-pyrrole nitrogens is 1. The van der Waals surface area contributed by atoms with Crippen molar-refractivity contribution in [1.82, 2.24) is 20.1 Å². The number of carbonyl (C=O) groups excluding carboxylic acids is 1. The molecule has 1 saturated carbocycles. The molecule has 2 aromatic rings. The number of aromatic nitrogens is 3. The maximum atomic E-state index is 12.3. The molecule has 0 spiro atoms. The number of nitrogens with one attached hydrogen (secondary N) is 2. The van der Waals surface area contributed by atoms with Crippen LogP contribution in [-0.4, -0.2) is 27.2 Å². The Kier molecular flexibility index (Phi) is 4.00. The number of nitrogens with zero attached hydrogens (tertiary/aromatic N) is 2. The highest BCUT2D eigenvalue weighted by Crippen LogP contribution is 2.36. The summed E-state index contributed by atoms with van der Waals surface area (Å²) in [5.74, 6) is 1.39. The molecule has 0 aromatic carbocycles. The van der Waals surface area contributed by atoms with E-state index in [-0.39, 0.29) is 11.5 Å². The molecule has 0 bridgehead atoms. The number of hydrogen-bond acceptors (Lipinski definition) is 3. The molecule has 2 unspecified atom stereocenters. The SMILES string of the molecule is Cc1nn(C)c2[nH]c(=O)c(CCC(=O)NCC3CC3C)c(C)c12. The minimum atomic E-state index is -0.124. The highest BCUT2D eigenvalue weighted by Gasteiger charge is 2.32. The molecule has 6 nitrogen and oxygen atoms in total. The molecule has 3 rings (SSSR count). The molecule has 0 aliphatic heterocycles.